The summed E-state index contributed by atoms with van der Waals surface area (Å²) in [5.74, 6) is -2.08. The molecule has 0 aromatic heterocycles. The predicted molar refractivity (Wildman–Crippen MR) is 64.1 cm³/mol. The molecule has 0 radical (unpaired) electrons. The van der Waals surface area contributed by atoms with Gasteiger partial charge in [0.15, 0.2) is 0 Å². The van der Waals surface area contributed by atoms with Gasteiger partial charge in [0.2, 0.25) is 5.91 Å². The predicted octanol–water partition coefficient (Wildman–Crippen LogP) is 1.16. The van der Waals surface area contributed by atoms with E-state index in [2.05, 4.69) is 0 Å². The molecule has 2 rings (SSSR count). The van der Waals surface area contributed by atoms with E-state index in [1.54, 1.807) is 4.90 Å². The second-order valence-corrected chi connectivity index (χ2v) is 4.58. The van der Waals surface area contributed by atoms with Crippen molar-refractivity contribution in [2.45, 2.75) is 18.9 Å². The number of carbonyl (C=O) groups is 2. The van der Waals surface area contributed by atoms with Crippen LogP contribution in [-0.2, 0) is 9.59 Å². The third kappa shape index (κ3) is 3.14. The summed E-state index contributed by atoms with van der Waals surface area (Å²) in [7, 11) is 0. The van der Waals surface area contributed by atoms with Crippen LogP contribution in [0.4, 0.5) is 8.78 Å². The molecular weight excluding hydrogens is 254 g/mol. The number of halogens is 2. The van der Waals surface area contributed by atoms with Gasteiger partial charge in [0, 0.05) is 32.0 Å². The van der Waals surface area contributed by atoms with Gasteiger partial charge >= 0.3 is 0 Å². The van der Waals surface area contributed by atoms with Gasteiger partial charge < -0.3 is 5.73 Å². The molecule has 1 unspecified atom stereocenters. The van der Waals surface area contributed by atoms with Gasteiger partial charge in [0.25, 0.3) is 0 Å². The highest BCUT2D eigenvalue weighted by molar-refractivity contribution is 5.83. The lowest BCUT2D eigenvalue weighted by atomic mass is 10.0. The number of likely N-dealkylation sites (tertiary alicyclic amines) is 1. The summed E-state index contributed by atoms with van der Waals surface area (Å²) < 4.78 is 26.4. The highest BCUT2D eigenvalue weighted by Gasteiger charge is 2.29. The van der Waals surface area contributed by atoms with Crippen molar-refractivity contribution in [3.63, 3.8) is 0 Å². The zero-order chi connectivity index (χ0) is 14.0. The van der Waals surface area contributed by atoms with Crippen LogP contribution in [0.1, 0.15) is 24.4 Å². The zero-order valence-electron chi connectivity index (χ0n) is 10.2. The number of rotatable bonds is 3. The maximum atomic E-state index is 13.2. The van der Waals surface area contributed by atoms with Crippen LogP contribution in [0, 0.1) is 11.6 Å². The maximum absolute atomic E-state index is 13.2. The number of piperidine rings is 1. The first-order valence-electron chi connectivity index (χ1n) is 5.98. The van der Waals surface area contributed by atoms with Crippen molar-refractivity contribution in [3.8, 4) is 0 Å². The van der Waals surface area contributed by atoms with Gasteiger partial charge in [-0.15, -0.1) is 0 Å². The molecule has 1 saturated heterocycles. The van der Waals surface area contributed by atoms with E-state index < -0.39 is 23.6 Å². The lowest BCUT2D eigenvalue weighted by Crippen LogP contribution is -2.42. The van der Waals surface area contributed by atoms with Gasteiger partial charge in [-0.05, 0) is 17.7 Å². The van der Waals surface area contributed by atoms with Crippen LogP contribution in [-0.4, -0.2) is 29.7 Å². The van der Waals surface area contributed by atoms with E-state index in [9.17, 15) is 18.4 Å². The summed E-state index contributed by atoms with van der Waals surface area (Å²) in [4.78, 5) is 24.4. The average molecular weight is 268 g/mol. The van der Waals surface area contributed by atoms with Crippen molar-refractivity contribution in [2.75, 3.05) is 13.1 Å². The molecule has 0 aliphatic carbocycles. The molecule has 1 aliphatic heterocycles. The SMILES string of the molecule is NC(=O)C(c1cc(F)cc(F)c1)N1CCC(=O)CC1. The highest BCUT2D eigenvalue weighted by Crippen LogP contribution is 2.25. The standard InChI is InChI=1S/C13H14F2N2O2/c14-9-5-8(6-10(15)7-9)12(13(16)19)17-3-1-11(18)2-4-17/h5-7,12H,1-4H2,(H2,16,19). The van der Waals surface area contributed by atoms with Crippen LogP contribution in [0.15, 0.2) is 18.2 Å². The Morgan fingerprint density at radius 1 is 1.16 bits per heavy atom. The van der Waals surface area contributed by atoms with Crippen molar-refractivity contribution in [1.29, 1.82) is 0 Å². The number of ketones is 1. The second kappa shape index (κ2) is 5.44. The topological polar surface area (TPSA) is 63.4 Å². The molecule has 0 saturated carbocycles. The van der Waals surface area contributed by atoms with E-state index in [1.807, 2.05) is 0 Å². The van der Waals surface area contributed by atoms with Crippen molar-refractivity contribution in [1.82, 2.24) is 4.90 Å². The Kier molecular flexibility index (Phi) is 3.90. The summed E-state index contributed by atoms with van der Waals surface area (Å²) in [5.41, 5.74) is 5.50. The Morgan fingerprint density at radius 3 is 2.16 bits per heavy atom. The number of primary amides is 1. The summed E-state index contributed by atoms with van der Waals surface area (Å²) in [5, 5.41) is 0. The largest absolute Gasteiger partial charge is 0.368 e. The molecule has 0 bridgehead atoms. The molecule has 1 aromatic carbocycles. The first kappa shape index (κ1) is 13.6. The normalized spacial score (nSPS) is 18.3. The molecule has 1 heterocycles. The van der Waals surface area contributed by atoms with E-state index in [-0.39, 0.29) is 11.3 Å². The third-order valence-corrected chi connectivity index (χ3v) is 3.19. The molecule has 1 atom stereocenters. The summed E-state index contributed by atoms with van der Waals surface area (Å²) >= 11 is 0. The number of Topliss-reactive ketones (excluding diaryl/α,β-unsaturated/α-hetero) is 1. The fourth-order valence-electron chi connectivity index (χ4n) is 2.32. The van der Waals surface area contributed by atoms with Gasteiger partial charge in [0.1, 0.15) is 23.5 Å². The van der Waals surface area contributed by atoms with Crippen LogP contribution in [0.5, 0.6) is 0 Å². The van der Waals surface area contributed by atoms with Crippen LogP contribution in [0.2, 0.25) is 0 Å². The van der Waals surface area contributed by atoms with E-state index in [4.69, 9.17) is 5.73 Å². The van der Waals surface area contributed by atoms with Crippen molar-refractivity contribution in [3.05, 3.63) is 35.4 Å². The molecule has 1 fully saturated rings. The van der Waals surface area contributed by atoms with Crippen LogP contribution >= 0.6 is 0 Å². The van der Waals surface area contributed by atoms with E-state index in [0.717, 1.165) is 18.2 Å². The number of benzene rings is 1. The number of nitrogens with zero attached hydrogens (tertiary/aromatic N) is 1. The first-order valence-corrected chi connectivity index (χ1v) is 5.98. The summed E-state index contributed by atoms with van der Waals surface area (Å²) in [6.07, 6.45) is 0.642. The lowest BCUT2D eigenvalue weighted by Gasteiger charge is -2.32. The molecule has 1 aromatic rings. The van der Waals surface area contributed by atoms with Gasteiger partial charge in [-0.3, -0.25) is 14.5 Å². The summed E-state index contributed by atoms with van der Waals surface area (Å²) in [6.45, 7) is 0.731. The number of amides is 1. The van der Waals surface area contributed by atoms with Crippen LogP contribution in [0.3, 0.4) is 0 Å². The summed E-state index contributed by atoms with van der Waals surface area (Å²) in [6, 6.07) is 2.02. The molecule has 102 valence electrons. The van der Waals surface area contributed by atoms with Gasteiger partial charge in [-0.1, -0.05) is 0 Å². The van der Waals surface area contributed by atoms with Crippen LogP contribution in [0.25, 0.3) is 0 Å². The van der Waals surface area contributed by atoms with E-state index >= 15 is 0 Å². The molecule has 1 aliphatic rings. The van der Waals surface area contributed by atoms with Gasteiger partial charge in [0.05, 0.1) is 0 Å². The smallest absolute Gasteiger partial charge is 0.239 e. The molecule has 4 nitrogen and oxygen atoms in total. The maximum Gasteiger partial charge on any atom is 0.239 e. The monoisotopic (exact) mass is 268 g/mol. The quantitative estimate of drug-likeness (QED) is 0.894. The molecule has 6 heteroatoms. The molecule has 1 amide bonds. The number of hydrogen-bond donors (Lipinski definition) is 1. The fraction of sp³-hybridized carbons (Fsp3) is 0.385. The molecular formula is C13H14F2N2O2. The minimum atomic E-state index is -0.904. The second-order valence-electron chi connectivity index (χ2n) is 4.58. The van der Waals surface area contributed by atoms with Crippen molar-refractivity contribution >= 4 is 11.7 Å². The lowest BCUT2D eigenvalue weighted by molar-refractivity contribution is -0.128. The number of carbonyl (C=O) groups excluding carboxylic acids is 2. The van der Waals surface area contributed by atoms with E-state index in [0.29, 0.717) is 25.9 Å². The Hall–Kier alpha value is -1.82. The molecule has 2 N–H and O–H groups in total. The minimum absolute atomic E-state index is 0.116. The van der Waals surface area contributed by atoms with Crippen LogP contribution < -0.4 is 5.73 Å². The first-order chi connectivity index (χ1) is 8.97. The Balaban J connectivity index is 2.29. The van der Waals surface area contributed by atoms with Crippen molar-refractivity contribution < 1.29 is 18.4 Å². The molecule has 19 heavy (non-hydrogen) atoms. The fourth-order valence-corrected chi connectivity index (χ4v) is 2.32. The number of hydrogen-bond acceptors (Lipinski definition) is 3. The Bertz CT molecular complexity index is 489. The highest BCUT2D eigenvalue weighted by atomic mass is 19.1. The van der Waals surface area contributed by atoms with Crippen molar-refractivity contribution in [2.24, 2.45) is 5.73 Å². The third-order valence-electron chi connectivity index (χ3n) is 3.19. The average Bonchev–Trinajstić information content (AvgIpc) is 2.30. The van der Waals surface area contributed by atoms with Gasteiger partial charge in [-0.25, -0.2) is 8.78 Å². The minimum Gasteiger partial charge on any atom is -0.368 e. The van der Waals surface area contributed by atoms with E-state index in [1.165, 1.54) is 0 Å². The molecule has 0 spiro atoms. The zero-order valence-corrected chi connectivity index (χ0v) is 10.2. The number of nitrogens with two attached hydrogens (primary N) is 1. The van der Waals surface area contributed by atoms with Gasteiger partial charge in [-0.2, -0.15) is 0 Å². The Morgan fingerprint density at radius 2 is 1.68 bits per heavy atom. The Labute approximate surface area is 109 Å².